The topological polar surface area (TPSA) is 43.9 Å². The number of carbonyl (C=O) groups excluding carboxylic acids is 2. The van der Waals surface area contributed by atoms with E-state index in [0.717, 1.165) is 75.1 Å². The lowest BCUT2D eigenvalue weighted by Gasteiger charge is -2.45. The summed E-state index contributed by atoms with van der Waals surface area (Å²) in [5.74, 6) is 0.243. The maximum absolute atomic E-state index is 13.1. The van der Waals surface area contributed by atoms with E-state index in [4.69, 9.17) is 0 Å². The number of amides is 2. The minimum absolute atomic E-state index is 0.110. The normalized spacial score (nSPS) is 23.3. The highest BCUT2D eigenvalue weighted by atomic mass is 16.2. The summed E-state index contributed by atoms with van der Waals surface area (Å²) in [4.78, 5) is 32.3. The molecule has 0 aromatic heterocycles. The maximum Gasteiger partial charge on any atom is 0.257 e. The quantitative estimate of drug-likeness (QED) is 0.816. The third kappa shape index (κ3) is 2.97. The molecule has 0 spiro atoms. The van der Waals surface area contributed by atoms with Crippen LogP contribution >= 0.6 is 0 Å². The molecule has 3 aliphatic heterocycles. The fourth-order valence-electron chi connectivity index (χ4n) is 4.71. The number of fused-ring (bicyclic) bond motifs is 2. The van der Waals surface area contributed by atoms with Crippen molar-refractivity contribution in [2.24, 2.45) is 0 Å². The molecule has 0 bridgehead atoms. The minimum Gasteiger partial charge on any atom is -0.351 e. The molecule has 3 heterocycles. The number of anilines is 1. The molecule has 0 radical (unpaired) electrons. The van der Waals surface area contributed by atoms with E-state index in [0.29, 0.717) is 0 Å². The van der Waals surface area contributed by atoms with E-state index in [1.54, 1.807) is 0 Å². The summed E-state index contributed by atoms with van der Waals surface area (Å²) in [6.07, 6.45) is 7.98. The Morgan fingerprint density at radius 3 is 2.54 bits per heavy atom. The van der Waals surface area contributed by atoms with E-state index in [9.17, 15) is 9.59 Å². The van der Waals surface area contributed by atoms with Crippen LogP contribution in [0.4, 0.5) is 5.69 Å². The van der Waals surface area contributed by atoms with Crippen molar-refractivity contribution in [3.63, 3.8) is 0 Å². The largest absolute Gasteiger partial charge is 0.351 e. The van der Waals surface area contributed by atoms with Gasteiger partial charge in [0.1, 0.15) is 6.17 Å². The van der Waals surface area contributed by atoms with Crippen LogP contribution in [-0.2, 0) is 0 Å². The van der Waals surface area contributed by atoms with Crippen molar-refractivity contribution in [3.05, 3.63) is 29.3 Å². The van der Waals surface area contributed by atoms with Gasteiger partial charge in [-0.2, -0.15) is 0 Å². The Kier molecular flexibility index (Phi) is 4.88. The van der Waals surface area contributed by atoms with Gasteiger partial charge in [0.05, 0.1) is 11.3 Å². The molecule has 5 heteroatoms. The molecule has 4 rings (SSSR count). The van der Waals surface area contributed by atoms with Crippen LogP contribution < -0.4 is 4.90 Å². The van der Waals surface area contributed by atoms with Gasteiger partial charge >= 0.3 is 0 Å². The second kappa shape index (κ2) is 7.29. The van der Waals surface area contributed by atoms with Crippen molar-refractivity contribution in [1.29, 1.82) is 0 Å². The molecule has 3 aliphatic rings. The summed E-state index contributed by atoms with van der Waals surface area (Å²) >= 11 is 0. The average molecular weight is 355 g/mol. The number of benzene rings is 1. The van der Waals surface area contributed by atoms with Gasteiger partial charge in [0.15, 0.2) is 0 Å². The zero-order valence-electron chi connectivity index (χ0n) is 15.7. The first kappa shape index (κ1) is 17.4. The lowest BCUT2D eigenvalue weighted by atomic mass is 10.00. The number of hydrogen-bond acceptors (Lipinski definition) is 3. The molecule has 140 valence electrons. The molecule has 2 fully saturated rings. The van der Waals surface area contributed by atoms with Gasteiger partial charge in [-0.3, -0.25) is 9.59 Å². The van der Waals surface area contributed by atoms with E-state index < -0.39 is 0 Å². The summed E-state index contributed by atoms with van der Waals surface area (Å²) in [5, 5.41) is 0. The average Bonchev–Trinajstić information content (AvgIpc) is 2.94. The van der Waals surface area contributed by atoms with Gasteiger partial charge in [-0.25, -0.2) is 0 Å². The fourth-order valence-corrected chi connectivity index (χ4v) is 4.71. The lowest BCUT2D eigenvalue weighted by Crippen LogP contribution is -2.55. The highest BCUT2D eigenvalue weighted by Crippen LogP contribution is 2.35. The van der Waals surface area contributed by atoms with Crippen LogP contribution in [0.15, 0.2) is 18.2 Å². The van der Waals surface area contributed by atoms with Crippen LogP contribution in [0, 0.1) is 0 Å². The van der Waals surface area contributed by atoms with Gasteiger partial charge in [0, 0.05) is 31.7 Å². The van der Waals surface area contributed by atoms with Crippen LogP contribution in [0.5, 0.6) is 0 Å². The van der Waals surface area contributed by atoms with Gasteiger partial charge < -0.3 is 14.7 Å². The van der Waals surface area contributed by atoms with Crippen molar-refractivity contribution in [2.45, 2.75) is 58.0 Å². The second-order valence-corrected chi connectivity index (χ2v) is 7.70. The Hall–Kier alpha value is -2.04. The number of likely N-dealkylation sites (tertiary alicyclic amines) is 1. The maximum atomic E-state index is 13.1. The van der Waals surface area contributed by atoms with Crippen molar-refractivity contribution in [2.75, 3.05) is 31.1 Å². The van der Waals surface area contributed by atoms with Gasteiger partial charge in [0.25, 0.3) is 11.8 Å². The molecule has 0 aliphatic carbocycles. The van der Waals surface area contributed by atoms with E-state index in [2.05, 4.69) is 11.8 Å². The molecular formula is C21H29N3O2. The lowest BCUT2D eigenvalue weighted by molar-refractivity contribution is 0.0654. The second-order valence-electron chi connectivity index (χ2n) is 7.70. The number of hydrogen-bond donors (Lipinski definition) is 0. The summed E-state index contributed by atoms with van der Waals surface area (Å²) in [7, 11) is 0. The third-order valence-electron chi connectivity index (χ3n) is 6.11. The van der Waals surface area contributed by atoms with Crippen LogP contribution in [-0.4, -0.2) is 54.0 Å². The standard InChI is InChI=1S/C21H29N3O2/c1-2-23-18-15-16(20(25)22-12-6-4-7-13-22)10-11-17(18)21(26)24-14-8-3-5-9-19(23)24/h10-11,15,19H,2-9,12-14H2,1H3/t19-/m0/s1. The molecular weight excluding hydrogens is 326 g/mol. The first-order valence-corrected chi connectivity index (χ1v) is 10.2. The highest BCUT2D eigenvalue weighted by Gasteiger charge is 2.37. The van der Waals surface area contributed by atoms with Crippen molar-refractivity contribution < 1.29 is 9.59 Å². The number of nitrogens with zero attached hydrogens (tertiary/aromatic N) is 3. The predicted octanol–water partition coefficient (Wildman–Crippen LogP) is 3.49. The Balaban J connectivity index is 1.68. The number of carbonyl (C=O) groups is 2. The van der Waals surface area contributed by atoms with Gasteiger partial charge in [-0.05, 0) is 63.6 Å². The highest BCUT2D eigenvalue weighted by molar-refractivity contribution is 6.04. The van der Waals surface area contributed by atoms with Gasteiger partial charge in [-0.1, -0.05) is 6.42 Å². The summed E-state index contributed by atoms with van der Waals surface area (Å²) in [6, 6.07) is 5.69. The van der Waals surface area contributed by atoms with Crippen LogP contribution in [0.25, 0.3) is 0 Å². The van der Waals surface area contributed by atoms with E-state index in [1.165, 1.54) is 12.8 Å². The molecule has 0 unspecified atom stereocenters. The molecule has 0 N–H and O–H groups in total. The van der Waals surface area contributed by atoms with Gasteiger partial charge in [0.2, 0.25) is 0 Å². The molecule has 2 amide bonds. The van der Waals surface area contributed by atoms with E-state index >= 15 is 0 Å². The third-order valence-corrected chi connectivity index (χ3v) is 6.11. The number of piperidine rings is 1. The summed E-state index contributed by atoms with van der Waals surface area (Å²) in [6.45, 7) is 5.53. The molecule has 1 aromatic rings. The summed E-state index contributed by atoms with van der Waals surface area (Å²) in [5.41, 5.74) is 2.42. The number of rotatable bonds is 2. The Labute approximate surface area is 155 Å². The molecule has 26 heavy (non-hydrogen) atoms. The first-order valence-electron chi connectivity index (χ1n) is 10.2. The van der Waals surface area contributed by atoms with Crippen LogP contribution in [0.2, 0.25) is 0 Å². The minimum atomic E-state index is 0.110. The molecule has 5 nitrogen and oxygen atoms in total. The zero-order chi connectivity index (χ0) is 18.1. The summed E-state index contributed by atoms with van der Waals surface area (Å²) < 4.78 is 0. The smallest absolute Gasteiger partial charge is 0.257 e. The fraction of sp³-hybridized carbons (Fsp3) is 0.619. The van der Waals surface area contributed by atoms with Crippen molar-refractivity contribution in [1.82, 2.24) is 9.80 Å². The van der Waals surface area contributed by atoms with E-state index in [1.807, 2.05) is 28.0 Å². The zero-order valence-corrected chi connectivity index (χ0v) is 15.7. The SMILES string of the molecule is CCN1c2cc(C(=O)N3CCCCC3)ccc2C(=O)N2CCCCC[C@H]21. The molecule has 0 saturated carbocycles. The predicted molar refractivity (Wildman–Crippen MR) is 103 cm³/mol. The molecule has 2 saturated heterocycles. The van der Waals surface area contributed by atoms with Gasteiger partial charge in [-0.15, -0.1) is 0 Å². The monoisotopic (exact) mass is 355 g/mol. The van der Waals surface area contributed by atoms with E-state index in [-0.39, 0.29) is 18.0 Å². The Morgan fingerprint density at radius 1 is 1.04 bits per heavy atom. The van der Waals surface area contributed by atoms with Crippen LogP contribution in [0.3, 0.4) is 0 Å². The molecule has 1 atom stereocenters. The van der Waals surface area contributed by atoms with Crippen molar-refractivity contribution >= 4 is 17.5 Å². The molecule has 1 aromatic carbocycles. The first-order chi connectivity index (χ1) is 12.7. The van der Waals surface area contributed by atoms with Crippen LogP contribution in [0.1, 0.15) is 72.6 Å². The Bertz CT molecular complexity index is 696. The Morgan fingerprint density at radius 2 is 1.77 bits per heavy atom. The van der Waals surface area contributed by atoms with Crippen molar-refractivity contribution in [3.8, 4) is 0 Å².